The van der Waals surface area contributed by atoms with Crippen molar-refractivity contribution in [1.29, 1.82) is 0 Å². The number of anilines is 1. The number of nitrogens with one attached hydrogen (secondary N) is 2. The van der Waals surface area contributed by atoms with Crippen LogP contribution in [0, 0.1) is 13.8 Å². The Labute approximate surface area is 147 Å². The molecule has 0 saturated carbocycles. The largest absolute Gasteiger partial charge is 0.328 e. The molecular formula is C18H17N3O3S. The maximum atomic E-state index is 12.6. The van der Waals surface area contributed by atoms with E-state index < -0.39 is 17.2 Å². The fourth-order valence-corrected chi connectivity index (χ4v) is 3.09. The van der Waals surface area contributed by atoms with E-state index in [-0.39, 0.29) is 12.1 Å². The first-order valence-electron chi connectivity index (χ1n) is 7.69. The van der Waals surface area contributed by atoms with Gasteiger partial charge >= 0.3 is 5.69 Å². The number of amides is 1. The third kappa shape index (κ3) is 3.61. The van der Waals surface area contributed by atoms with Gasteiger partial charge in [-0.1, -0.05) is 12.1 Å². The highest BCUT2D eigenvalue weighted by Gasteiger charge is 2.15. The standard InChI is InChI=1S/C18H17N3O3S/c1-11-5-6-13(8-12(11)2)20-16(22)15-9-19-18(24)21(17(15)23)10-14-4-3-7-25-14/h3-9H,10H2,1-2H3,(H,19,24)(H,20,22). The second kappa shape index (κ2) is 6.90. The average Bonchev–Trinajstić information content (AvgIpc) is 3.08. The molecule has 0 aliphatic carbocycles. The topological polar surface area (TPSA) is 84.0 Å². The molecule has 0 radical (unpaired) electrons. The number of carbonyl (C=O) groups excluding carboxylic acids is 1. The van der Waals surface area contributed by atoms with Crippen molar-refractivity contribution in [3.05, 3.63) is 84.3 Å². The summed E-state index contributed by atoms with van der Waals surface area (Å²) in [4.78, 5) is 40.3. The minimum absolute atomic E-state index is 0.102. The number of carbonyl (C=O) groups is 1. The molecule has 2 heterocycles. The van der Waals surface area contributed by atoms with Crippen molar-refractivity contribution in [2.45, 2.75) is 20.4 Å². The van der Waals surface area contributed by atoms with E-state index in [1.54, 1.807) is 6.07 Å². The Kier molecular flexibility index (Phi) is 4.67. The van der Waals surface area contributed by atoms with E-state index in [4.69, 9.17) is 0 Å². The normalized spacial score (nSPS) is 10.6. The van der Waals surface area contributed by atoms with Crippen molar-refractivity contribution in [2.24, 2.45) is 0 Å². The number of nitrogens with zero attached hydrogens (tertiary/aromatic N) is 1. The minimum Gasteiger partial charge on any atom is -0.322 e. The Morgan fingerprint density at radius 3 is 2.68 bits per heavy atom. The van der Waals surface area contributed by atoms with Crippen molar-refractivity contribution >= 4 is 22.9 Å². The summed E-state index contributed by atoms with van der Waals surface area (Å²) >= 11 is 1.44. The van der Waals surface area contributed by atoms with Crippen LogP contribution in [0.3, 0.4) is 0 Å². The molecule has 0 unspecified atom stereocenters. The van der Waals surface area contributed by atoms with Crippen LogP contribution in [-0.2, 0) is 6.54 Å². The number of aryl methyl sites for hydroxylation is 2. The average molecular weight is 355 g/mol. The molecule has 0 spiro atoms. The summed E-state index contributed by atoms with van der Waals surface area (Å²) in [5, 5.41) is 4.57. The second-order valence-corrected chi connectivity index (χ2v) is 6.76. The van der Waals surface area contributed by atoms with E-state index in [1.165, 1.54) is 11.3 Å². The van der Waals surface area contributed by atoms with Crippen molar-refractivity contribution in [1.82, 2.24) is 9.55 Å². The molecule has 128 valence electrons. The van der Waals surface area contributed by atoms with Gasteiger partial charge in [0.15, 0.2) is 0 Å². The monoisotopic (exact) mass is 355 g/mol. The van der Waals surface area contributed by atoms with E-state index >= 15 is 0 Å². The molecule has 0 aliphatic heterocycles. The molecule has 6 nitrogen and oxygen atoms in total. The summed E-state index contributed by atoms with van der Waals surface area (Å²) < 4.78 is 1.03. The molecule has 0 atom stereocenters. The van der Waals surface area contributed by atoms with Gasteiger partial charge in [0.25, 0.3) is 11.5 Å². The van der Waals surface area contributed by atoms with Crippen molar-refractivity contribution in [3.63, 3.8) is 0 Å². The highest BCUT2D eigenvalue weighted by molar-refractivity contribution is 7.09. The summed E-state index contributed by atoms with van der Waals surface area (Å²) in [5.41, 5.74) is 1.49. The highest BCUT2D eigenvalue weighted by atomic mass is 32.1. The van der Waals surface area contributed by atoms with Gasteiger partial charge in [0.1, 0.15) is 5.56 Å². The Bertz CT molecular complexity index is 1030. The van der Waals surface area contributed by atoms with Crippen LogP contribution in [0.1, 0.15) is 26.4 Å². The SMILES string of the molecule is Cc1ccc(NC(=O)c2c[nH]c(=O)n(Cc3cccs3)c2=O)cc1C. The van der Waals surface area contributed by atoms with Gasteiger partial charge in [-0.15, -0.1) is 11.3 Å². The molecule has 2 N–H and O–H groups in total. The summed E-state index contributed by atoms with van der Waals surface area (Å²) in [5.74, 6) is -0.551. The number of aromatic amines is 1. The minimum atomic E-state index is -0.613. The van der Waals surface area contributed by atoms with Crippen LogP contribution in [0.25, 0.3) is 0 Å². The van der Waals surface area contributed by atoms with Gasteiger partial charge in [-0.3, -0.25) is 14.2 Å². The van der Waals surface area contributed by atoms with Crippen LogP contribution < -0.4 is 16.6 Å². The van der Waals surface area contributed by atoms with E-state index in [2.05, 4.69) is 10.3 Å². The van der Waals surface area contributed by atoms with E-state index in [0.717, 1.165) is 26.8 Å². The van der Waals surface area contributed by atoms with Gasteiger partial charge in [-0.2, -0.15) is 0 Å². The third-order valence-corrected chi connectivity index (χ3v) is 4.83. The first-order valence-corrected chi connectivity index (χ1v) is 8.57. The van der Waals surface area contributed by atoms with Crippen LogP contribution in [-0.4, -0.2) is 15.5 Å². The van der Waals surface area contributed by atoms with Crippen molar-refractivity contribution in [3.8, 4) is 0 Å². The number of benzene rings is 1. The third-order valence-electron chi connectivity index (χ3n) is 3.96. The predicted molar refractivity (Wildman–Crippen MR) is 98.6 cm³/mol. The summed E-state index contributed by atoms with van der Waals surface area (Å²) in [7, 11) is 0. The number of hydrogen-bond donors (Lipinski definition) is 2. The van der Waals surface area contributed by atoms with Gasteiger partial charge in [-0.25, -0.2) is 4.79 Å². The molecule has 0 aliphatic rings. The van der Waals surface area contributed by atoms with E-state index in [1.807, 2.05) is 43.5 Å². The lowest BCUT2D eigenvalue weighted by molar-refractivity contribution is 0.102. The zero-order chi connectivity index (χ0) is 18.0. The highest BCUT2D eigenvalue weighted by Crippen LogP contribution is 2.14. The van der Waals surface area contributed by atoms with Crippen LogP contribution in [0.2, 0.25) is 0 Å². The van der Waals surface area contributed by atoms with Crippen LogP contribution >= 0.6 is 11.3 Å². The smallest absolute Gasteiger partial charge is 0.322 e. The summed E-state index contributed by atoms with van der Waals surface area (Å²) in [6.07, 6.45) is 1.16. The summed E-state index contributed by atoms with van der Waals surface area (Å²) in [6.45, 7) is 4.06. The number of rotatable bonds is 4. The molecule has 7 heteroatoms. The first-order chi connectivity index (χ1) is 12.0. The molecule has 3 aromatic rings. The maximum Gasteiger partial charge on any atom is 0.328 e. The van der Waals surface area contributed by atoms with Gasteiger partial charge < -0.3 is 10.3 Å². The van der Waals surface area contributed by atoms with Crippen molar-refractivity contribution in [2.75, 3.05) is 5.32 Å². The number of aromatic nitrogens is 2. The van der Waals surface area contributed by atoms with Crippen molar-refractivity contribution < 1.29 is 4.79 Å². The van der Waals surface area contributed by atoms with E-state index in [0.29, 0.717) is 5.69 Å². The lowest BCUT2D eigenvalue weighted by Crippen LogP contribution is -2.39. The Hall–Kier alpha value is -2.93. The lowest BCUT2D eigenvalue weighted by atomic mass is 10.1. The first kappa shape index (κ1) is 16.9. The molecule has 0 bridgehead atoms. The Morgan fingerprint density at radius 2 is 2.00 bits per heavy atom. The van der Waals surface area contributed by atoms with Crippen LogP contribution in [0.15, 0.2) is 51.5 Å². The fourth-order valence-electron chi connectivity index (χ4n) is 2.39. The quantitative estimate of drug-likeness (QED) is 0.754. The van der Waals surface area contributed by atoms with Gasteiger partial charge in [0.2, 0.25) is 0 Å². The zero-order valence-electron chi connectivity index (χ0n) is 13.8. The zero-order valence-corrected chi connectivity index (χ0v) is 14.6. The van der Waals surface area contributed by atoms with Gasteiger partial charge in [0, 0.05) is 16.8 Å². The number of thiophene rings is 1. The lowest BCUT2D eigenvalue weighted by Gasteiger charge is -2.09. The summed E-state index contributed by atoms with van der Waals surface area (Å²) in [6, 6.07) is 9.18. The Morgan fingerprint density at radius 1 is 1.20 bits per heavy atom. The van der Waals surface area contributed by atoms with Gasteiger partial charge in [-0.05, 0) is 48.6 Å². The van der Waals surface area contributed by atoms with Gasteiger partial charge in [0.05, 0.1) is 6.54 Å². The Balaban J connectivity index is 1.91. The van der Waals surface area contributed by atoms with Crippen LogP contribution in [0.5, 0.6) is 0 Å². The number of H-pyrrole nitrogens is 1. The number of hydrogen-bond acceptors (Lipinski definition) is 4. The van der Waals surface area contributed by atoms with E-state index in [9.17, 15) is 14.4 Å². The fraction of sp³-hybridized carbons (Fsp3) is 0.167. The molecule has 0 saturated heterocycles. The van der Waals surface area contributed by atoms with Crippen LogP contribution in [0.4, 0.5) is 5.69 Å². The molecule has 3 rings (SSSR count). The molecule has 0 fully saturated rings. The molecule has 1 aromatic carbocycles. The maximum absolute atomic E-state index is 12.6. The predicted octanol–water partition coefficient (Wildman–Crippen LogP) is 2.52. The molecule has 2 aromatic heterocycles. The molecule has 1 amide bonds. The molecular weight excluding hydrogens is 338 g/mol. The second-order valence-electron chi connectivity index (χ2n) is 5.73. The molecule has 25 heavy (non-hydrogen) atoms.